The molecule has 0 radical (unpaired) electrons. The van der Waals surface area contributed by atoms with Crippen molar-refractivity contribution in [1.29, 1.82) is 0 Å². The Kier molecular flexibility index (Phi) is 1.85. The van der Waals surface area contributed by atoms with E-state index in [0.717, 1.165) is 0 Å². The second-order valence-electron chi connectivity index (χ2n) is 2.91. The number of fused-ring (bicyclic) bond motifs is 1. The Morgan fingerprint density at radius 3 is 2.92 bits per heavy atom. The first-order valence-electron chi connectivity index (χ1n) is 3.93. The van der Waals surface area contributed by atoms with Gasteiger partial charge in [0.25, 0.3) is 0 Å². The first kappa shape index (κ1) is 7.74. The fraction of sp³-hybridized carbons (Fsp3) is 0.200. The van der Waals surface area contributed by atoms with Gasteiger partial charge >= 0.3 is 0 Å². The molecule has 1 aromatic heterocycles. The van der Waals surface area contributed by atoms with Crippen molar-refractivity contribution in [3.8, 4) is 0 Å². The number of hydrogen-bond acceptors (Lipinski definition) is 1. The van der Waals surface area contributed by atoms with Crippen molar-refractivity contribution in [3.05, 3.63) is 30.0 Å². The lowest BCUT2D eigenvalue weighted by Gasteiger charge is -1.94. The van der Waals surface area contributed by atoms with Gasteiger partial charge in [0.05, 0.1) is 0 Å². The molecule has 62 valence electrons. The number of H-pyrrole nitrogens is 1. The summed E-state index contributed by atoms with van der Waals surface area (Å²) in [4.78, 5) is 4.57. The van der Waals surface area contributed by atoms with Gasteiger partial charge in [-0.3, -0.25) is 0 Å². The molecule has 2 heteroatoms. The van der Waals surface area contributed by atoms with E-state index in [-0.39, 0.29) is 0 Å². The molecule has 2 rings (SSSR count). The van der Waals surface area contributed by atoms with E-state index in [1.807, 2.05) is 0 Å². The van der Waals surface area contributed by atoms with Crippen LogP contribution in [0.2, 0.25) is 0 Å². The molecule has 0 spiro atoms. The third-order valence-corrected chi connectivity index (χ3v) is 2.80. The van der Waals surface area contributed by atoms with Crippen LogP contribution >= 0.6 is 11.8 Å². The van der Waals surface area contributed by atoms with Crippen LogP contribution in [0.5, 0.6) is 0 Å². The van der Waals surface area contributed by atoms with Gasteiger partial charge in [-0.05, 0) is 25.3 Å². The van der Waals surface area contributed by atoms with Crippen LogP contribution in [0.4, 0.5) is 0 Å². The normalized spacial score (nSPS) is 10.8. The summed E-state index contributed by atoms with van der Waals surface area (Å²) in [5.41, 5.74) is 2.54. The summed E-state index contributed by atoms with van der Waals surface area (Å²) < 4.78 is 0. The Balaban J connectivity index is 2.75. The van der Waals surface area contributed by atoms with Gasteiger partial charge in [0, 0.05) is 22.0 Å². The van der Waals surface area contributed by atoms with Crippen molar-refractivity contribution in [1.82, 2.24) is 4.98 Å². The lowest BCUT2D eigenvalue weighted by atomic mass is 10.2. The molecular weight excluding hydrogens is 166 g/mol. The molecule has 0 amide bonds. The summed E-state index contributed by atoms with van der Waals surface area (Å²) in [7, 11) is 0. The Morgan fingerprint density at radius 1 is 1.33 bits per heavy atom. The van der Waals surface area contributed by atoms with Crippen molar-refractivity contribution in [3.63, 3.8) is 0 Å². The SMILES string of the molecule is CSc1c[nH]c2ccc(C)cc12. The fourth-order valence-corrected chi connectivity index (χ4v) is 1.94. The number of nitrogens with one attached hydrogen (secondary N) is 1. The molecule has 0 aliphatic heterocycles. The minimum atomic E-state index is 1.23. The Labute approximate surface area is 76.2 Å². The maximum absolute atomic E-state index is 3.25. The minimum absolute atomic E-state index is 1.23. The maximum Gasteiger partial charge on any atom is 0.0465 e. The van der Waals surface area contributed by atoms with Gasteiger partial charge in [-0.15, -0.1) is 11.8 Å². The quantitative estimate of drug-likeness (QED) is 0.661. The average Bonchev–Trinajstić information content (AvgIpc) is 2.46. The lowest BCUT2D eigenvalue weighted by Crippen LogP contribution is -1.71. The smallest absolute Gasteiger partial charge is 0.0465 e. The predicted octanol–water partition coefficient (Wildman–Crippen LogP) is 3.20. The Bertz CT molecular complexity index is 403. The van der Waals surface area contributed by atoms with Gasteiger partial charge in [-0.25, -0.2) is 0 Å². The van der Waals surface area contributed by atoms with Crippen molar-refractivity contribution in [2.24, 2.45) is 0 Å². The number of benzene rings is 1. The van der Waals surface area contributed by atoms with Crippen LogP contribution in [0.25, 0.3) is 10.9 Å². The minimum Gasteiger partial charge on any atom is -0.360 e. The summed E-state index contributed by atoms with van der Waals surface area (Å²) in [6.07, 6.45) is 4.17. The van der Waals surface area contributed by atoms with E-state index in [0.29, 0.717) is 0 Å². The van der Waals surface area contributed by atoms with Crippen molar-refractivity contribution in [2.45, 2.75) is 11.8 Å². The van der Waals surface area contributed by atoms with E-state index >= 15 is 0 Å². The summed E-state index contributed by atoms with van der Waals surface area (Å²) in [6, 6.07) is 6.48. The molecule has 2 aromatic rings. The van der Waals surface area contributed by atoms with Crippen LogP contribution in [-0.2, 0) is 0 Å². The van der Waals surface area contributed by atoms with Gasteiger partial charge in [0.1, 0.15) is 0 Å². The Morgan fingerprint density at radius 2 is 2.17 bits per heavy atom. The highest BCUT2D eigenvalue weighted by Crippen LogP contribution is 2.26. The average molecular weight is 177 g/mol. The van der Waals surface area contributed by atoms with Gasteiger partial charge < -0.3 is 4.98 Å². The predicted molar refractivity (Wildman–Crippen MR) is 54.8 cm³/mol. The van der Waals surface area contributed by atoms with E-state index in [4.69, 9.17) is 0 Å². The van der Waals surface area contributed by atoms with Crippen LogP contribution in [-0.4, -0.2) is 11.2 Å². The highest BCUT2D eigenvalue weighted by atomic mass is 32.2. The molecule has 0 atom stereocenters. The standard InChI is InChI=1S/C10H11NS/c1-7-3-4-9-8(5-7)10(12-2)6-11-9/h3-6,11H,1-2H3. The van der Waals surface area contributed by atoms with Crippen LogP contribution in [0.1, 0.15) is 5.56 Å². The monoisotopic (exact) mass is 177 g/mol. The fourth-order valence-electron chi connectivity index (χ4n) is 1.38. The zero-order valence-corrected chi connectivity index (χ0v) is 8.03. The second kappa shape index (κ2) is 2.87. The van der Waals surface area contributed by atoms with E-state index in [1.165, 1.54) is 21.4 Å². The van der Waals surface area contributed by atoms with Crippen LogP contribution < -0.4 is 0 Å². The van der Waals surface area contributed by atoms with Gasteiger partial charge in [0.15, 0.2) is 0 Å². The lowest BCUT2D eigenvalue weighted by molar-refractivity contribution is 1.42. The second-order valence-corrected chi connectivity index (χ2v) is 3.75. The van der Waals surface area contributed by atoms with E-state index in [1.54, 1.807) is 11.8 Å². The molecule has 0 saturated carbocycles. The topological polar surface area (TPSA) is 15.8 Å². The first-order valence-corrected chi connectivity index (χ1v) is 5.15. The van der Waals surface area contributed by atoms with Crippen LogP contribution in [0.15, 0.2) is 29.3 Å². The molecule has 0 aliphatic rings. The van der Waals surface area contributed by atoms with Gasteiger partial charge in [-0.2, -0.15) is 0 Å². The van der Waals surface area contributed by atoms with Crippen molar-refractivity contribution in [2.75, 3.05) is 6.26 Å². The number of aryl methyl sites for hydroxylation is 1. The molecule has 0 aliphatic carbocycles. The largest absolute Gasteiger partial charge is 0.360 e. The number of thioether (sulfide) groups is 1. The maximum atomic E-state index is 3.25. The molecule has 1 nitrogen and oxygen atoms in total. The highest BCUT2D eigenvalue weighted by molar-refractivity contribution is 7.98. The molecule has 0 fully saturated rings. The van der Waals surface area contributed by atoms with E-state index in [9.17, 15) is 0 Å². The van der Waals surface area contributed by atoms with Crippen molar-refractivity contribution < 1.29 is 0 Å². The molecule has 0 unspecified atom stereocenters. The van der Waals surface area contributed by atoms with Crippen LogP contribution in [0.3, 0.4) is 0 Å². The zero-order valence-electron chi connectivity index (χ0n) is 7.22. The summed E-state index contributed by atoms with van der Waals surface area (Å²) >= 11 is 1.78. The van der Waals surface area contributed by atoms with Gasteiger partial charge in [-0.1, -0.05) is 11.6 Å². The zero-order chi connectivity index (χ0) is 8.55. The molecular formula is C10H11NS. The van der Waals surface area contributed by atoms with Crippen molar-refractivity contribution >= 4 is 22.7 Å². The number of hydrogen-bond donors (Lipinski definition) is 1. The Hall–Kier alpha value is -0.890. The van der Waals surface area contributed by atoms with Crippen LogP contribution in [0, 0.1) is 6.92 Å². The number of aromatic amines is 1. The molecule has 1 aromatic carbocycles. The third kappa shape index (κ3) is 1.12. The molecule has 0 saturated heterocycles. The third-order valence-electron chi connectivity index (χ3n) is 2.02. The molecule has 12 heavy (non-hydrogen) atoms. The van der Waals surface area contributed by atoms with E-state index in [2.05, 4.69) is 42.6 Å². The summed E-state index contributed by atoms with van der Waals surface area (Å²) in [5, 5.41) is 1.34. The summed E-state index contributed by atoms with van der Waals surface area (Å²) in [6.45, 7) is 2.12. The molecule has 1 N–H and O–H groups in total. The summed E-state index contributed by atoms with van der Waals surface area (Å²) in [5.74, 6) is 0. The van der Waals surface area contributed by atoms with Gasteiger partial charge in [0.2, 0.25) is 0 Å². The molecule has 0 bridgehead atoms. The van der Waals surface area contributed by atoms with E-state index < -0.39 is 0 Å². The first-order chi connectivity index (χ1) is 5.81. The number of rotatable bonds is 1. The number of aromatic nitrogens is 1. The highest BCUT2D eigenvalue weighted by Gasteiger charge is 2.00. The molecule has 1 heterocycles.